The average molecular weight is 335 g/mol. The fourth-order valence-electron chi connectivity index (χ4n) is 1.40. The van der Waals surface area contributed by atoms with Crippen molar-refractivity contribution in [3.05, 3.63) is 60.7 Å². The van der Waals surface area contributed by atoms with Crippen molar-refractivity contribution < 1.29 is 27.4 Å². The first-order valence-corrected chi connectivity index (χ1v) is 7.10. The maximum absolute atomic E-state index is 11.6. The van der Waals surface area contributed by atoms with Crippen LogP contribution in [0.2, 0.25) is 0 Å². The van der Waals surface area contributed by atoms with Crippen molar-refractivity contribution in [1.82, 2.24) is 0 Å². The maximum atomic E-state index is 11.6. The number of nitro groups is 3. The van der Waals surface area contributed by atoms with Crippen molar-refractivity contribution in [1.29, 1.82) is 0 Å². The Balaban J connectivity index is 2.95. The van der Waals surface area contributed by atoms with Crippen LogP contribution in [-0.2, 0) is 10.1 Å². The van der Waals surface area contributed by atoms with Gasteiger partial charge in [-0.1, -0.05) is 18.2 Å². The predicted molar refractivity (Wildman–Crippen MR) is 69.2 cm³/mol. The molecule has 1 aromatic rings. The summed E-state index contributed by atoms with van der Waals surface area (Å²) >= 11 is 0. The van der Waals surface area contributed by atoms with Crippen LogP contribution in [0.4, 0.5) is 0 Å². The fraction of sp³-hybridized carbons (Fsp3) is 0.333. The van der Waals surface area contributed by atoms with Gasteiger partial charge in [0.1, 0.15) is 11.5 Å². The Hall–Kier alpha value is -2.83. The number of hydrogen-bond donors (Lipinski definition) is 0. The van der Waals surface area contributed by atoms with Crippen LogP contribution < -0.4 is 4.18 Å². The zero-order valence-electron chi connectivity index (χ0n) is 10.7. The first kappa shape index (κ1) is 17.2. The second kappa shape index (κ2) is 6.30. The molecule has 0 fully saturated rings. The van der Waals surface area contributed by atoms with Crippen molar-refractivity contribution in [2.75, 3.05) is 5.75 Å². The summed E-state index contributed by atoms with van der Waals surface area (Å²) in [5.41, 5.74) is 0. The lowest BCUT2D eigenvalue weighted by Crippen LogP contribution is -2.54. The number of para-hydroxylation sites is 1. The van der Waals surface area contributed by atoms with Gasteiger partial charge in [0.25, 0.3) is 0 Å². The summed E-state index contributed by atoms with van der Waals surface area (Å²) < 4.78 is 27.8. The Morgan fingerprint density at radius 2 is 1.41 bits per heavy atom. The molecule has 22 heavy (non-hydrogen) atoms. The third-order valence-electron chi connectivity index (χ3n) is 2.53. The highest BCUT2D eigenvalue weighted by molar-refractivity contribution is 7.87. The van der Waals surface area contributed by atoms with Crippen molar-refractivity contribution in [3.63, 3.8) is 0 Å². The quantitative estimate of drug-likeness (QED) is 0.279. The van der Waals surface area contributed by atoms with Crippen LogP contribution in [0.1, 0.15) is 6.42 Å². The Bertz CT molecular complexity index is 652. The Labute approximate surface area is 122 Å². The molecule has 0 amide bonds. The monoisotopic (exact) mass is 335 g/mol. The predicted octanol–water partition coefficient (Wildman–Crippen LogP) is 0.269. The van der Waals surface area contributed by atoms with E-state index in [0.717, 1.165) is 0 Å². The molecular weight excluding hydrogens is 326 g/mol. The van der Waals surface area contributed by atoms with Crippen molar-refractivity contribution in [2.24, 2.45) is 0 Å². The number of hydrogen-bond acceptors (Lipinski definition) is 9. The maximum Gasteiger partial charge on any atom is 0.700 e. The molecule has 0 heterocycles. The van der Waals surface area contributed by atoms with Crippen LogP contribution in [0.5, 0.6) is 5.75 Å². The molecule has 0 bridgehead atoms. The van der Waals surface area contributed by atoms with Gasteiger partial charge in [0.15, 0.2) is 21.2 Å². The summed E-state index contributed by atoms with van der Waals surface area (Å²) in [6, 6.07) is 6.98. The lowest BCUT2D eigenvalue weighted by molar-refractivity contribution is -0.969. The van der Waals surface area contributed by atoms with E-state index in [1.165, 1.54) is 24.3 Å². The molecule has 1 rings (SSSR count). The zero-order valence-corrected chi connectivity index (χ0v) is 11.5. The van der Waals surface area contributed by atoms with Crippen LogP contribution in [-0.4, -0.2) is 34.7 Å². The lowest BCUT2D eigenvalue weighted by Gasteiger charge is -2.10. The van der Waals surface area contributed by atoms with Gasteiger partial charge >= 0.3 is 15.9 Å². The smallest absolute Gasteiger partial charge is 0.382 e. The average Bonchev–Trinajstić information content (AvgIpc) is 2.38. The molecule has 13 heteroatoms. The van der Waals surface area contributed by atoms with E-state index in [4.69, 9.17) is 0 Å². The summed E-state index contributed by atoms with van der Waals surface area (Å²) in [6.07, 6.45) is -1.48. The highest BCUT2D eigenvalue weighted by Gasteiger charge is 2.70. The van der Waals surface area contributed by atoms with E-state index in [1.54, 1.807) is 6.07 Å². The normalized spacial score (nSPS) is 11.6. The van der Waals surface area contributed by atoms with Crippen LogP contribution in [0.25, 0.3) is 0 Å². The SMILES string of the molecule is O=[N+]([O-])C(CCS(=O)(=O)Oc1ccccc1)([N+](=O)[O-])[N+](=O)[O-]. The van der Waals surface area contributed by atoms with Crippen molar-refractivity contribution in [3.8, 4) is 5.75 Å². The van der Waals surface area contributed by atoms with Gasteiger partial charge in [0.05, 0.1) is 0 Å². The van der Waals surface area contributed by atoms with Crippen molar-refractivity contribution in [2.45, 2.75) is 12.2 Å². The molecule has 120 valence electrons. The van der Waals surface area contributed by atoms with Crippen LogP contribution >= 0.6 is 0 Å². The van der Waals surface area contributed by atoms with E-state index in [1.807, 2.05) is 0 Å². The highest BCUT2D eigenvalue weighted by Crippen LogP contribution is 2.20. The van der Waals surface area contributed by atoms with Crippen LogP contribution in [0.15, 0.2) is 30.3 Å². The number of benzene rings is 1. The fourth-order valence-corrected chi connectivity index (χ4v) is 2.41. The molecule has 0 radical (unpaired) electrons. The van der Waals surface area contributed by atoms with E-state index in [9.17, 15) is 38.8 Å². The van der Waals surface area contributed by atoms with Gasteiger partial charge in [-0.25, -0.2) is 0 Å². The molecule has 0 aliphatic rings. The van der Waals surface area contributed by atoms with Crippen LogP contribution in [0.3, 0.4) is 0 Å². The molecule has 0 aromatic heterocycles. The molecule has 1 aromatic carbocycles. The minimum atomic E-state index is -4.48. The molecule has 12 nitrogen and oxygen atoms in total. The summed E-state index contributed by atoms with van der Waals surface area (Å²) in [7, 11) is -4.48. The molecular formula is C9H9N3O9S. The number of rotatable bonds is 8. The molecule has 0 saturated heterocycles. The summed E-state index contributed by atoms with van der Waals surface area (Å²) in [4.78, 5) is 26.8. The first-order chi connectivity index (χ1) is 10.1. The van der Waals surface area contributed by atoms with E-state index in [-0.39, 0.29) is 5.75 Å². The second-order valence-electron chi connectivity index (χ2n) is 3.95. The van der Waals surface area contributed by atoms with E-state index in [0.29, 0.717) is 0 Å². The third-order valence-corrected chi connectivity index (χ3v) is 3.68. The first-order valence-electron chi connectivity index (χ1n) is 5.52. The largest absolute Gasteiger partial charge is 0.700 e. The second-order valence-corrected chi connectivity index (χ2v) is 5.64. The van der Waals surface area contributed by atoms with E-state index >= 15 is 0 Å². The zero-order chi connectivity index (χ0) is 17.0. The summed E-state index contributed by atoms with van der Waals surface area (Å²) in [5.74, 6) is -5.24. The molecule has 0 spiro atoms. The minimum Gasteiger partial charge on any atom is -0.382 e. The van der Waals surface area contributed by atoms with E-state index in [2.05, 4.69) is 4.18 Å². The molecule has 0 aliphatic heterocycles. The van der Waals surface area contributed by atoms with E-state index < -0.39 is 42.8 Å². The molecule has 0 aliphatic carbocycles. The van der Waals surface area contributed by atoms with Crippen molar-refractivity contribution >= 4 is 10.1 Å². The van der Waals surface area contributed by atoms with Gasteiger partial charge in [0, 0.05) is 0 Å². The topological polar surface area (TPSA) is 173 Å². The van der Waals surface area contributed by atoms with Gasteiger partial charge in [-0.3, -0.25) is 30.3 Å². The number of nitrogens with zero attached hydrogens (tertiary/aromatic N) is 3. The standard InChI is InChI=1S/C9H9N3O9S/c13-10(14)9(11(15)16,12(17)18)6-7-22(19,20)21-8-4-2-1-3-5-8/h1-5H,6-7H2. The molecule has 0 unspecified atom stereocenters. The van der Waals surface area contributed by atoms with Gasteiger partial charge in [0.2, 0.25) is 0 Å². The van der Waals surface area contributed by atoms with Gasteiger partial charge in [-0.15, -0.1) is 0 Å². The molecule has 0 saturated carbocycles. The van der Waals surface area contributed by atoms with Gasteiger partial charge < -0.3 is 4.18 Å². The third kappa shape index (κ3) is 3.63. The minimum absolute atomic E-state index is 0.128. The van der Waals surface area contributed by atoms with Gasteiger partial charge in [-0.05, 0) is 12.1 Å². The highest BCUT2D eigenvalue weighted by atomic mass is 32.2. The lowest BCUT2D eigenvalue weighted by atomic mass is 10.3. The summed E-state index contributed by atoms with van der Waals surface area (Å²) in [6.45, 7) is 0. The molecule has 0 atom stereocenters. The molecule has 0 N–H and O–H groups in total. The van der Waals surface area contributed by atoms with Crippen LogP contribution in [0, 0.1) is 30.3 Å². The summed E-state index contributed by atoms with van der Waals surface area (Å²) in [5, 5.41) is 32.0. The Morgan fingerprint density at radius 1 is 0.955 bits per heavy atom. The Morgan fingerprint density at radius 3 is 1.82 bits per heavy atom. The Kier molecular flexibility index (Phi) is 4.93. The van der Waals surface area contributed by atoms with Gasteiger partial charge in [-0.2, -0.15) is 8.42 Å².